The molecule has 0 unspecified atom stereocenters. The molecule has 0 saturated heterocycles. The summed E-state index contributed by atoms with van der Waals surface area (Å²) in [5, 5.41) is 16.9. The summed E-state index contributed by atoms with van der Waals surface area (Å²) in [6, 6.07) is 2.40. The third kappa shape index (κ3) is 3.47. The Morgan fingerprint density at radius 2 is 2.08 bits per heavy atom. The first-order valence-corrected chi connectivity index (χ1v) is 6.73. The van der Waals surface area contributed by atoms with Gasteiger partial charge in [0.15, 0.2) is 5.69 Å². The predicted molar refractivity (Wildman–Crippen MR) is 79.3 cm³/mol. The summed E-state index contributed by atoms with van der Waals surface area (Å²) in [5.74, 6) is -0.976. The minimum Gasteiger partial charge on any atom is -0.507 e. The van der Waals surface area contributed by atoms with Crippen LogP contribution in [0.4, 0.5) is 8.78 Å². The molecule has 2 N–H and O–H groups in total. The van der Waals surface area contributed by atoms with E-state index in [0.717, 1.165) is 0 Å². The topological polar surface area (TPSA) is 110 Å². The van der Waals surface area contributed by atoms with Crippen molar-refractivity contribution in [2.45, 2.75) is 27.3 Å². The number of aromatic hydroxyl groups is 1. The van der Waals surface area contributed by atoms with Crippen LogP contribution in [0.3, 0.4) is 0 Å². The molecular weight excluding hydrogens is 326 g/mol. The molecule has 0 aromatic carbocycles. The molecule has 2 aromatic rings. The molecule has 8 nitrogen and oxygen atoms in total. The van der Waals surface area contributed by atoms with Crippen LogP contribution in [0, 0.1) is 13.8 Å². The predicted octanol–water partition coefficient (Wildman–Crippen LogP) is 1.71. The van der Waals surface area contributed by atoms with Crippen molar-refractivity contribution in [1.29, 1.82) is 0 Å². The first-order chi connectivity index (χ1) is 11.2. The molecule has 128 valence electrons. The van der Waals surface area contributed by atoms with Gasteiger partial charge in [0, 0.05) is 11.8 Å². The van der Waals surface area contributed by atoms with Crippen LogP contribution in [0.5, 0.6) is 5.75 Å². The third-order valence-electron chi connectivity index (χ3n) is 3.08. The molecule has 0 fully saturated rings. The van der Waals surface area contributed by atoms with Crippen molar-refractivity contribution in [2.75, 3.05) is 0 Å². The molecule has 0 radical (unpaired) electrons. The Kier molecular flexibility index (Phi) is 4.77. The number of carbonyl (C=O) groups is 1. The lowest BCUT2D eigenvalue weighted by molar-refractivity contribution is 0.0538. The van der Waals surface area contributed by atoms with Crippen LogP contribution in [0.1, 0.15) is 41.0 Å². The van der Waals surface area contributed by atoms with Gasteiger partial charge >= 0.3 is 12.2 Å². The average molecular weight is 340 g/mol. The number of hydrazone groups is 1. The lowest BCUT2D eigenvalue weighted by Crippen LogP contribution is -2.22. The first-order valence-electron chi connectivity index (χ1n) is 6.73. The molecule has 24 heavy (non-hydrogen) atoms. The van der Waals surface area contributed by atoms with E-state index in [1.54, 1.807) is 0 Å². The number of alkyl halides is 2. The Balaban J connectivity index is 2.23. The van der Waals surface area contributed by atoms with Gasteiger partial charge in [0.25, 0.3) is 5.91 Å². The highest BCUT2D eigenvalue weighted by atomic mass is 19.3. The summed E-state index contributed by atoms with van der Waals surface area (Å²) in [5.41, 5.74) is 0.881. The molecule has 0 aliphatic rings. The number of nitrogens with zero attached hydrogens (tertiary/aromatic N) is 3. The van der Waals surface area contributed by atoms with Crippen molar-refractivity contribution in [2.24, 2.45) is 5.10 Å². The van der Waals surface area contributed by atoms with E-state index in [9.17, 15) is 23.5 Å². The zero-order chi connectivity index (χ0) is 18.0. The van der Waals surface area contributed by atoms with Gasteiger partial charge in [-0.3, -0.25) is 4.79 Å². The maximum Gasteiger partial charge on any atom is 0.348 e. The van der Waals surface area contributed by atoms with Gasteiger partial charge in [0.1, 0.15) is 17.1 Å². The van der Waals surface area contributed by atoms with E-state index in [0.29, 0.717) is 4.68 Å². The Morgan fingerprint density at radius 1 is 1.42 bits per heavy atom. The molecule has 2 rings (SSSR count). The van der Waals surface area contributed by atoms with Crippen molar-refractivity contribution in [3.05, 3.63) is 45.3 Å². The van der Waals surface area contributed by atoms with Gasteiger partial charge in [0.05, 0.1) is 5.71 Å². The number of halogens is 2. The highest BCUT2D eigenvalue weighted by molar-refractivity contribution is 6.01. The molecule has 2 aromatic heterocycles. The van der Waals surface area contributed by atoms with Crippen molar-refractivity contribution in [3.63, 3.8) is 0 Å². The number of hydrogen-bond donors (Lipinski definition) is 2. The van der Waals surface area contributed by atoms with E-state index in [1.165, 1.54) is 32.9 Å². The molecule has 0 saturated carbocycles. The SMILES string of the molecule is CC(=NNC(=O)c1cc(C)n(C(F)F)n1)c1c(O)cc(C)oc1=O. The summed E-state index contributed by atoms with van der Waals surface area (Å²) in [6.07, 6.45) is 0. The van der Waals surface area contributed by atoms with Gasteiger partial charge in [-0.2, -0.15) is 19.0 Å². The second-order valence-electron chi connectivity index (χ2n) is 4.94. The molecule has 0 bridgehead atoms. The summed E-state index contributed by atoms with van der Waals surface area (Å²) in [7, 11) is 0. The second kappa shape index (κ2) is 6.60. The van der Waals surface area contributed by atoms with Crippen LogP contribution >= 0.6 is 0 Å². The summed E-state index contributed by atoms with van der Waals surface area (Å²) in [4.78, 5) is 23.6. The standard InChI is InChI=1S/C14H14F2N4O4/c1-6-4-9(19-20(6)14(15)16)12(22)18-17-8(3)11-10(21)5-7(2)24-13(11)23/h4-5,14,21H,1-3H3,(H,18,22). The molecule has 0 aliphatic carbocycles. The second-order valence-corrected chi connectivity index (χ2v) is 4.94. The van der Waals surface area contributed by atoms with Crippen LogP contribution in [0.25, 0.3) is 0 Å². The lowest BCUT2D eigenvalue weighted by Gasteiger charge is -2.03. The summed E-state index contributed by atoms with van der Waals surface area (Å²) in [6.45, 7) is 1.36. The number of aromatic nitrogens is 2. The van der Waals surface area contributed by atoms with Crippen LogP contribution in [0.15, 0.2) is 26.4 Å². The highest BCUT2D eigenvalue weighted by Gasteiger charge is 2.17. The maximum atomic E-state index is 12.6. The third-order valence-corrected chi connectivity index (χ3v) is 3.08. The molecule has 0 aliphatic heterocycles. The van der Waals surface area contributed by atoms with Crippen LogP contribution in [-0.2, 0) is 0 Å². The maximum absolute atomic E-state index is 12.6. The van der Waals surface area contributed by atoms with Crippen molar-refractivity contribution >= 4 is 11.6 Å². The molecule has 0 atom stereocenters. The van der Waals surface area contributed by atoms with Gasteiger partial charge in [-0.25, -0.2) is 14.9 Å². The minimum absolute atomic E-state index is 0.0142. The van der Waals surface area contributed by atoms with Crippen LogP contribution < -0.4 is 11.1 Å². The van der Waals surface area contributed by atoms with Gasteiger partial charge in [-0.1, -0.05) is 0 Å². The number of carbonyl (C=O) groups excluding carboxylic acids is 1. The summed E-state index contributed by atoms with van der Waals surface area (Å²) < 4.78 is 30.5. The van der Waals surface area contributed by atoms with E-state index in [1.807, 2.05) is 0 Å². The largest absolute Gasteiger partial charge is 0.507 e. The van der Waals surface area contributed by atoms with E-state index in [4.69, 9.17) is 4.42 Å². The highest BCUT2D eigenvalue weighted by Crippen LogP contribution is 2.15. The normalized spacial score (nSPS) is 11.8. The van der Waals surface area contributed by atoms with Gasteiger partial charge in [-0.15, -0.1) is 0 Å². The van der Waals surface area contributed by atoms with Gasteiger partial charge in [-0.05, 0) is 26.8 Å². The number of hydrogen-bond acceptors (Lipinski definition) is 6. The Morgan fingerprint density at radius 3 is 2.62 bits per heavy atom. The van der Waals surface area contributed by atoms with Gasteiger partial charge in [0.2, 0.25) is 0 Å². The van der Waals surface area contributed by atoms with Gasteiger partial charge < -0.3 is 9.52 Å². The number of aryl methyl sites for hydroxylation is 2. The van der Waals surface area contributed by atoms with Crippen LogP contribution in [-0.4, -0.2) is 26.5 Å². The molecule has 0 spiro atoms. The zero-order valence-electron chi connectivity index (χ0n) is 13.0. The van der Waals surface area contributed by atoms with Crippen molar-refractivity contribution in [1.82, 2.24) is 15.2 Å². The molecule has 10 heteroatoms. The number of amides is 1. The number of nitrogens with one attached hydrogen (secondary N) is 1. The van der Waals surface area contributed by atoms with E-state index in [-0.39, 0.29) is 34.2 Å². The first kappa shape index (κ1) is 17.3. The molecule has 2 heterocycles. The molecule has 1 amide bonds. The summed E-state index contributed by atoms with van der Waals surface area (Å²) >= 11 is 0. The van der Waals surface area contributed by atoms with E-state index < -0.39 is 18.1 Å². The van der Waals surface area contributed by atoms with E-state index in [2.05, 4.69) is 15.6 Å². The minimum atomic E-state index is -2.87. The Labute approximate surface area is 134 Å². The fourth-order valence-electron chi connectivity index (χ4n) is 1.97. The Bertz CT molecular complexity index is 870. The Hall–Kier alpha value is -3.04. The number of rotatable bonds is 4. The smallest absolute Gasteiger partial charge is 0.348 e. The fraction of sp³-hybridized carbons (Fsp3) is 0.286. The van der Waals surface area contributed by atoms with Crippen LogP contribution in [0.2, 0.25) is 0 Å². The van der Waals surface area contributed by atoms with E-state index >= 15 is 0 Å². The fourth-order valence-corrected chi connectivity index (χ4v) is 1.97. The van der Waals surface area contributed by atoms with Crippen molar-refractivity contribution in [3.8, 4) is 5.75 Å². The lowest BCUT2D eigenvalue weighted by atomic mass is 10.2. The monoisotopic (exact) mass is 340 g/mol. The molecular formula is C14H14F2N4O4. The zero-order valence-corrected chi connectivity index (χ0v) is 13.0. The van der Waals surface area contributed by atoms with Crippen molar-refractivity contribution < 1.29 is 23.1 Å². The average Bonchev–Trinajstić information content (AvgIpc) is 2.86. The quantitative estimate of drug-likeness (QED) is 0.650.